The zero-order valence-corrected chi connectivity index (χ0v) is 5.60. The van der Waals surface area contributed by atoms with Crippen LogP contribution < -0.4 is 11.2 Å². The molecule has 3 nitrogen and oxygen atoms in total. The van der Waals surface area contributed by atoms with Gasteiger partial charge in [0.25, 0.3) is 0 Å². The predicted molar refractivity (Wildman–Crippen MR) is 35.7 cm³/mol. The van der Waals surface area contributed by atoms with Crippen molar-refractivity contribution < 1.29 is 4.84 Å². The molecule has 1 saturated heterocycles. The van der Waals surface area contributed by atoms with Crippen LogP contribution in [0.1, 0.15) is 12.8 Å². The van der Waals surface area contributed by atoms with Crippen molar-refractivity contribution in [1.82, 2.24) is 5.32 Å². The molecule has 1 heterocycles. The van der Waals surface area contributed by atoms with Gasteiger partial charge in [-0.15, -0.1) is 0 Å². The fourth-order valence-corrected chi connectivity index (χ4v) is 1.20. The Morgan fingerprint density at radius 1 is 1.67 bits per heavy atom. The first kappa shape index (κ1) is 6.99. The molecule has 3 heteroatoms. The zero-order chi connectivity index (χ0) is 6.53. The van der Waals surface area contributed by atoms with Gasteiger partial charge >= 0.3 is 0 Å². The van der Waals surface area contributed by atoms with E-state index in [0.29, 0.717) is 12.5 Å². The lowest BCUT2D eigenvalue weighted by atomic mass is 10.0. The molecule has 0 saturated carbocycles. The van der Waals surface area contributed by atoms with Gasteiger partial charge in [0.05, 0.1) is 6.61 Å². The van der Waals surface area contributed by atoms with E-state index in [4.69, 9.17) is 5.90 Å². The van der Waals surface area contributed by atoms with Crippen LogP contribution in [0.15, 0.2) is 0 Å². The van der Waals surface area contributed by atoms with E-state index < -0.39 is 0 Å². The standard InChI is InChI=1S/C6H14N2O/c7-9-5-6-2-1-3-8-4-6/h6,8H,1-5,7H2/t6-/m1/s1. The van der Waals surface area contributed by atoms with Crippen LogP contribution in [-0.2, 0) is 4.84 Å². The van der Waals surface area contributed by atoms with Gasteiger partial charge in [0.2, 0.25) is 0 Å². The third-order valence-electron chi connectivity index (χ3n) is 1.73. The second-order valence-corrected chi connectivity index (χ2v) is 2.55. The highest BCUT2D eigenvalue weighted by atomic mass is 16.6. The van der Waals surface area contributed by atoms with Crippen LogP contribution in [0, 0.1) is 5.92 Å². The summed E-state index contributed by atoms with van der Waals surface area (Å²) in [6.45, 7) is 2.92. The molecule has 1 aliphatic heterocycles. The van der Waals surface area contributed by atoms with Gasteiger partial charge in [-0.3, -0.25) is 0 Å². The topological polar surface area (TPSA) is 47.3 Å². The Morgan fingerprint density at radius 2 is 2.56 bits per heavy atom. The molecular formula is C6H14N2O. The normalized spacial score (nSPS) is 28.3. The molecular weight excluding hydrogens is 116 g/mol. The number of hydrogen-bond acceptors (Lipinski definition) is 3. The molecule has 0 bridgehead atoms. The zero-order valence-electron chi connectivity index (χ0n) is 5.60. The van der Waals surface area contributed by atoms with Gasteiger partial charge in [0.15, 0.2) is 0 Å². The van der Waals surface area contributed by atoms with Crippen molar-refractivity contribution in [2.75, 3.05) is 19.7 Å². The van der Waals surface area contributed by atoms with E-state index in [1.54, 1.807) is 0 Å². The van der Waals surface area contributed by atoms with Crippen LogP contribution in [0.3, 0.4) is 0 Å². The van der Waals surface area contributed by atoms with E-state index in [1.807, 2.05) is 0 Å². The summed E-state index contributed by atoms with van der Waals surface area (Å²) >= 11 is 0. The highest BCUT2D eigenvalue weighted by molar-refractivity contribution is 4.67. The van der Waals surface area contributed by atoms with Gasteiger partial charge in [-0.1, -0.05) is 0 Å². The fraction of sp³-hybridized carbons (Fsp3) is 1.00. The van der Waals surface area contributed by atoms with Crippen LogP contribution >= 0.6 is 0 Å². The lowest BCUT2D eigenvalue weighted by Crippen LogP contribution is -2.32. The Morgan fingerprint density at radius 3 is 3.11 bits per heavy atom. The molecule has 1 fully saturated rings. The van der Waals surface area contributed by atoms with Crippen molar-refractivity contribution in [2.24, 2.45) is 11.8 Å². The largest absolute Gasteiger partial charge is 0.316 e. The molecule has 0 amide bonds. The summed E-state index contributed by atoms with van der Waals surface area (Å²) in [5, 5.41) is 3.28. The molecule has 54 valence electrons. The average Bonchev–Trinajstić information content (AvgIpc) is 1.91. The van der Waals surface area contributed by atoms with Crippen LogP contribution in [0.25, 0.3) is 0 Å². The average molecular weight is 130 g/mol. The van der Waals surface area contributed by atoms with Crippen LogP contribution in [0.5, 0.6) is 0 Å². The van der Waals surface area contributed by atoms with E-state index in [9.17, 15) is 0 Å². The minimum absolute atomic E-state index is 0.642. The van der Waals surface area contributed by atoms with Gasteiger partial charge in [-0.25, -0.2) is 5.90 Å². The Balaban J connectivity index is 2.08. The number of hydrogen-bond donors (Lipinski definition) is 2. The summed E-state index contributed by atoms with van der Waals surface area (Å²) in [7, 11) is 0. The van der Waals surface area contributed by atoms with Gasteiger partial charge in [-0.2, -0.15) is 0 Å². The van der Waals surface area contributed by atoms with Crippen molar-refractivity contribution in [3.63, 3.8) is 0 Å². The van der Waals surface area contributed by atoms with Crippen molar-refractivity contribution >= 4 is 0 Å². The highest BCUT2D eigenvalue weighted by Gasteiger charge is 2.11. The molecule has 1 rings (SSSR count). The first-order valence-electron chi connectivity index (χ1n) is 3.46. The highest BCUT2D eigenvalue weighted by Crippen LogP contribution is 2.08. The molecule has 0 radical (unpaired) electrons. The Bertz CT molecular complexity index is 68.7. The van der Waals surface area contributed by atoms with E-state index >= 15 is 0 Å². The van der Waals surface area contributed by atoms with Crippen molar-refractivity contribution in [2.45, 2.75) is 12.8 Å². The SMILES string of the molecule is NOC[C@@H]1CCCNC1. The number of piperidine rings is 1. The lowest BCUT2D eigenvalue weighted by Gasteiger charge is -2.20. The molecule has 0 aromatic rings. The summed E-state index contributed by atoms with van der Waals surface area (Å²) < 4.78 is 0. The monoisotopic (exact) mass is 130 g/mol. The van der Waals surface area contributed by atoms with Gasteiger partial charge in [-0.05, 0) is 25.3 Å². The minimum atomic E-state index is 0.642. The quantitative estimate of drug-likeness (QED) is 0.512. The van der Waals surface area contributed by atoms with Crippen LogP contribution in [0.4, 0.5) is 0 Å². The predicted octanol–water partition coefficient (Wildman–Crippen LogP) is -0.124. The summed E-state index contributed by atoms with van der Waals surface area (Å²) in [6.07, 6.45) is 2.51. The summed E-state index contributed by atoms with van der Waals surface area (Å²) in [5.74, 6) is 5.57. The lowest BCUT2D eigenvalue weighted by molar-refractivity contribution is 0.0913. The Labute approximate surface area is 55.5 Å². The van der Waals surface area contributed by atoms with Gasteiger partial charge in [0, 0.05) is 6.54 Å². The molecule has 3 N–H and O–H groups in total. The van der Waals surface area contributed by atoms with Crippen LogP contribution in [0.2, 0.25) is 0 Å². The van der Waals surface area contributed by atoms with Crippen LogP contribution in [-0.4, -0.2) is 19.7 Å². The molecule has 9 heavy (non-hydrogen) atoms. The molecule has 0 aliphatic carbocycles. The molecule has 0 spiro atoms. The minimum Gasteiger partial charge on any atom is -0.316 e. The van der Waals surface area contributed by atoms with Crippen molar-refractivity contribution in [1.29, 1.82) is 0 Å². The first-order valence-corrected chi connectivity index (χ1v) is 3.46. The van der Waals surface area contributed by atoms with E-state index in [0.717, 1.165) is 13.1 Å². The van der Waals surface area contributed by atoms with E-state index in [-0.39, 0.29) is 0 Å². The van der Waals surface area contributed by atoms with Gasteiger partial charge in [0.1, 0.15) is 0 Å². The van der Waals surface area contributed by atoms with Crippen molar-refractivity contribution in [3.8, 4) is 0 Å². The second kappa shape index (κ2) is 3.82. The molecule has 1 atom stereocenters. The third-order valence-corrected chi connectivity index (χ3v) is 1.73. The van der Waals surface area contributed by atoms with Gasteiger partial charge < -0.3 is 10.2 Å². The fourth-order valence-electron chi connectivity index (χ4n) is 1.20. The Kier molecular flexibility index (Phi) is 2.97. The molecule has 0 aromatic carbocycles. The summed E-state index contributed by atoms with van der Waals surface area (Å²) in [4.78, 5) is 4.54. The maximum absolute atomic E-state index is 4.93. The molecule has 0 unspecified atom stereocenters. The first-order chi connectivity index (χ1) is 4.43. The molecule has 0 aromatic heterocycles. The number of nitrogens with one attached hydrogen (secondary N) is 1. The van der Waals surface area contributed by atoms with Crippen molar-refractivity contribution in [3.05, 3.63) is 0 Å². The Hall–Kier alpha value is -0.120. The second-order valence-electron chi connectivity index (χ2n) is 2.55. The van der Waals surface area contributed by atoms with E-state index in [2.05, 4.69) is 10.2 Å². The maximum atomic E-state index is 4.93. The maximum Gasteiger partial charge on any atom is 0.0719 e. The number of nitrogens with two attached hydrogens (primary N) is 1. The smallest absolute Gasteiger partial charge is 0.0719 e. The number of rotatable bonds is 2. The molecule has 1 aliphatic rings. The summed E-state index contributed by atoms with van der Waals surface area (Å²) in [5.41, 5.74) is 0. The van der Waals surface area contributed by atoms with E-state index in [1.165, 1.54) is 12.8 Å². The summed E-state index contributed by atoms with van der Waals surface area (Å²) in [6, 6.07) is 0. The third kappa shape index (κ3) is 2.30.